The number of hydrogen-bond acceptors (Lipinski definition) is 2. The Morgan fingerprint density at radius 2 is 2.00 bits per heavy atom. The van der Waals surface area contributed by atoms with Crippen LogP contribution in [0.15, 0.2) is 42.5 Å². The maximum Gasteiger partial charge on any atom is 0.244 e. The molecule has 3 rings (SSSR count). The molecule has 21 heavy (non-hydrogen) atoms. The van der Waals surface area contributed by atoms with Gasteiger partial charge in [-0.15, -0.1) is 0 Å². The molecule has 0 spiro atoms. The topological polar surface area (TPSA) is 32.3 Å². The molecule has 0 radical (unpaired) electrons. The maximum absolute atomic E-state index is 12.8. The second-order valence-electron chi connectivity index (χ2n) is 5.58. The number of carbonyl (C=O) groups is 1. The van der Waals surface area contributed by atoms with Crippen molar-refractivity contribution in [2.45, 2.75) is 32.2 Å². The molecule has 1 heterocycles. The monoisotopic (exact) mass is 282 g/mol. The fourth-order valence-electron chi connectivity index (χ4n) is 3.14. The SMILES string of the molecule is CCN(C(=O)C1CCCCN1)c1cccc2ccccc12. The van der Waals surface area contributed by atoms with Gasteiger partial charge in [0.2, 0.25) is 5.91 Å². The second-order valence-corrected chi connectivity index (χ2v) is 5.58. The molecule has 110 valence electrons. The van der Waals surface area contributed by atoms with Gasteiger partial charge in [-0.1, -0.05) is 42.8 Å². The number of anilines is 1. The molecule has 3 heteroatoms. The van der Waals surface area contributed by atoms with Crippen molar-refractivity contribution in [3.63, 3.8) is 0 Å². The van der Waals surface area contributed by atoms with E-state index in [0.717, 1.165) is 30.5 Å². The molecule has 1 saturated heterocycles. The molecule has 0 saturated carbocycles. The van der Waals surface area contributed by atoms with Crippen molar-refractivity contribution in [2.75, 3.05) is 18.0 Å². The van der Waals surface area contributed by atoms with Gasteiger partial charge in [-0.3, -0.25) is 4.79 Å². The maximum atomic E-state index is 12.8. The van der Waals surface area contributed by atoms with Gasteiger partial charge < -0.3 is 10.2 Å². The van der Waals surface area contributed by atoms with Gasteiger partial charge >= 0.3 is 0 Å². The van der Waals surface area contributed by atoms with E-state index in [1.165, 1.54) is 11.8 Å². The molecule has 0 bridgehead atoms. The number of fused-ring (bicyclic) bond motifs is 1. The lowest BCUT2D eigenvalue weighted by atomic mass is 10.0. The molecule has 1 aliphatic rings. The third-order valence-corrected chi connectivity index (χ3v) is 4.25. The van der Waals surface area contributed by atoms with Crippen LogP contribution >= 0.6 is 0 Å². The first-order valence-electron chi connectivity index (χ1n) is 7.84. The number of carbonyl (C=O) groups excluding carboxylic acids is 1. The van der Waals surface area contributed by atoms with Crippen molar-refractivity contribution >= 4 is 22.4 Å². The van der Waals surface area contributed by atoms with Crippen LogP contribution in [0.2, 0.25) is 0 Å². The van der Waals surface area contributed by atoms with E-state index in [4.69, 9.17) is 0 Å². The summed E-state index contributed by atoms with van der Waals surface area (Å²) in [6.07, 6.45) is 3.25. The summed E-state index contributed by atoms with van der Waals surface area (Å²) in [6.45, 7) is 3.69. The molecule has 1 atom stereocenters. The first kappa shape index (κ1) is 14.1. The van der Waals surface area contributed by atoms with Crippen molar-refractivity contribution in [1.29, 1.82) is 0 Å². The third kappa shape index (κ3) is 2.79. The van der Waals surface area contributed by atoms with Gasteiger partial charge in [-0.2, -0.15) is 0 Å². The van der Waals surface area contributed by atoms with Crippen LogP contribution in [0.5, 0.6) is 0 Å². The number of likely N-dealkylation sites (N-methyl/N-ethyl adjacent to an activating group) is 1. The highest BCUT2D eigenvalue weighted by atomic mass is 16.2. The number of benzene rings is 2. The molecule has 0 aliphatic carbocycles. The Hall–Kier alpha value is -1.87. The minimum atomic E-state index is -0.0299. The predicted molar refractivity (Wildman–Crippen MR) is 87.6 cm³/mol. The van der Waals surface area contributed by atoms with Crippen LogP contribution in [0.3, 0.4) is 0 Å². The Balaban J connectivity index is 1.96. The number of rotatable bonds is 3. The van der Waals surface area contributed by atoms with E-state index in [1.807, 2.05) is 36.1 Å². The number of piperidine rings is 1. The normalized spacial score (nSPS) is 18.6. The van der Waals surface area contributed by atoms with E-state index in [2.05, 4.69) is 23.5 Å². The first-order chi connectivity index (χ1) is 10.3. The Kier molecular flexibility index (Phi) is 4.20. The van der Waals surface area contributed by atoms with Crippen molar-refractivity contribution in [2.24, 2.45) is 0 Å². The number of nitrogens with zero attached hydrogens (tertiary/aromatic N) is 1. The van der Waals surface area contributed by atoms with E-state index < -0.39 is 0 Å². The average Bonchev–Trinajstić information content (AvgIpc) is 2.56. The van der Waals surface area contributed by atoms with E-state index in [9.17, 15) is 4.79 Å². The third-order valence-electron chi connectivity index (χ3n) is 4.25. The Morgan fingerprint density at radius 3 is 2.76 bits per heavy atom. The summed E-state index contributed by atoms with van der Waals surface area (Å²) >= 11 is 0. The molecule has 2 aromatic rings. The van der Waals surface area contributed by atoms with Gasteiger partial charge in [0.15, 0.2) is 0 Å². The van der Waals surface area contributed by atoms with Crippen molar-refractivity contribution < 1.29 is 4.79 Å². The van der Waals surface area contributed by atoms with Crippen LogP contribution in [0.25, 0.3) is 10.8 Å². The zero-order valence-corrected chi connectivity index (χ0v) is 12.5. The molecule has 1 aliphatic heterocycles. The summed E-state index contributed by atoms with van der Waals surface area (Å²) in [4.78, 5) is 14.8. The minimum absolute atomic E-state index is 0.0299. The van der Waals surface area contributed by atoms with Crippen LogP contribution in [-0.4, -0.2) is 25.0 Å². The number of nitrogens with one attached hydrogen (secondary N) is 1. The lowest BCUT2D eigenvalue weighted by Gasteiger charge is -2.30. The molecule has 0 aromatic heterocycles. The van der Waals surface area contributed by atoms with Crippen molar-refractivity contribution in [3.8, 4) is 0 Å². The Bertz CT molecular complexity index is 627. The summed E-state index contributed by atoms with van der Waals surface area (Å²) in [5.74, 6) is 0.202. The summed E-state index contributed by atoms with van der Waals surface area (Å²) < 4.78 is 0. The van der Waals surface area contributed by atoms with E-state index >= 15 is 0 Å². The summed E-state index contributed by atoms with van der Waals surface area (Å²) in [5, 5.41) is 5.68. The molecular weight excluding hydrogens is 260 g/mol. The molecule has 3 nitrogen and oxygen atoms in total. The fraction of sp³-hybridized carbons (Fsp3) is 0.389. The highest BCUT2D eigenvalue weighted by Crippen LogP contribution is 2.27. The van der Waals surface area contributed by atoms with Crippen LogP contribution in [0.1, 0.15) is 26.2 Å². The largest absolute Gasteiger partial charge is 0.311 e. The zero-order chi connectivity index (χ0) is 14.7. The second kappa shape index (κ2) is 6.27. The zero-order valence-electron chi connectivity index (χ0n) is 12.5. The Labute approximate surface area is 125 Å². The first-order valence-corrected chi connectivity index (χ1v) is 7.84. The standard InChI is InChI=1S/C18H22N2O/c1-2-20(18(21)16-11-5-6-13-19-16)17-12-7-9-14-8-3-4-10-15(14)17/h3-4,7-10,12,16,19H,2,5-6,11,13H2,1H3. The van der Waals surface area contributed by atoms with Crippen LogP contribution in [0.4, 0.5) is 5.69 Å². The van der Waals surface area contributed by atoms with Crippen molar-refractivity contribution in [1.82, 2.24) is 5.32 Å². The Morgan fingerprint density at radius 1 is 1.19 bits per heavy atom. The smallest absolute Gasteiger partial charge is 0.244 e. The van der Waals surface area contributed by atoms with Gasteiger partial charge in [0, 0.05) is 11.9 Å². The van der Waals surface area contributed by atoms with Crippen LogP contribution in [0, 0.1) is 0 Å². The van der Waals surface area contributed by atoms with Crippen LogP contribution < -0.4 is 10.2 Å². The van der Waals surface area contributed by atoms with E-state index in [0.29, 0.717) is 6.54 Å². The summed E-state index contributed by atoms with van der Waals surface area (Å²) in [6, 6.07) is 14.4. The molecular formula is C18H22N2O. The lowest BCUT2D eigenvalue weighted by molar-refractivity contribution is -0.121. The fourth-order valence-corrected chi connectivity index (χ4v) is 3.14. The van der Waals surface area contributed by atoms with Gasteiger partial charge in [0.05, 0.1) is 11.7 Å². The number of amides is 1. The highest BCUT2D eigenvalue weighted by molar-refractivity contribution is 6.05. The van der Waals surface area contributed by atoms with Gasteiger partial charge in [0.25, 0.3) is 0 Å². The van der Waals surface area contributed by atoms with E-state index in [-0.39, 0.29) is 11.9 Å². The van der Waals surface area contributed by atoms with Gasteiger partial charge in [-0.05, 0) is 37.8 Å². The molecule has 1 fully saturated rings. The summed E-state index contributed by atoms with van der Waals surface area (Å²) in [5.41, 5.74) is 1.02. The molecule has 1 amide bonds. The van der Waals surface area contributed by atoms with Crippen molar-refractivity contribution in [3.05, 3.63) is 42.5 Å². The molecule has 1 N–H and O–H groups in total. The molecule has 2 aromatic carbocycles. The number of hydrogen-bond donors (Lipinski definition) is 1. The summed E-state index contributed by atoms with van der Waals surface area (Å²) in [7, 11) is 0. The van der Waals surface area contributed by atoms with Crippen LogP contribution in [-0.2, 0) is 4.79 Å². The average molecular weight is 282 g/mol. The van der Waals surface area contributed by atoms with Gasteiger partial charge in [0.1, 0.15) is 0 Å². The minimum Gasteiger partial charge on any atom is -0.311 e. The molecule has 1 unspecified atom stereocenters. The van der Waals surface area contributed by atoms with E-state index in [1.54, 1.807) is 0 Å². The lowest BCUT2D eigenvalue weighted by Crippen LogP contribution is -2.48. The predicted octanol–water partition coefficient (Wildman–Crippen LogP) is 3.33. The quantitative estimate of drug-likeness (QED) is 0.936. The highest BCUT2D eigenvalue weighted by Gasteiger charge is 2.26. The van der Waals surface area contributed by atoms with Gasteiger partial charge in [-0.25, -0.2) is 0 Å².